The van der Waals surface area contributed by atoms with Crippen molar-refractivity contribution >= 4 is 29.1 Å². The maximum Gasteiger partial charge on any atom is 0.266 e. The normalized spacial score (nSPS) is 12.8. The van der Waals surface area contributed by atoms with Crippen molar-refractivity contribution in [3.63, 3.8) is 0 Å². The van der Waals surface area contributed by atoms with Gasteiger partial charge in [0.2, 0.25) is 0 Å². The Hall–Kier alpha value is -3.73. The predicted molar refractivity (Wildman–Crippen MR) is 108 cm³/mol. The number of amides is 3. The van der Waals surface area contributed by atoms with Gasteiger partial charge in [0.05, 0.1) is 22.4 Å². The number of carbonyl (C=O) groups is 3. The highest BCUT2D eigenvalue weighted by molar-refractivity contribution is 6.35. The van der Waals surface area contributed by atoms with Crippen LogP contribution < -0.4 is 10.2 Å². The first-order valence-corrected chi connectivity index (χ1v) is 9.07. The van der Waals surface area contributed by atoms with Gasteiger partial charge in [0.15, 0.2) is 0 Å². The first-order chi connectivity index (χ1) is 13.6. The van der Waals surface area contributed by atoms with Crippen molar-refractivity contribution in [2.45, 2.75) is 13.3 Å². The lowest BCUT2D eigenvalue weighted by molar-refractivity contribution is 0.0926. The van der Waals surface area contributed by atoms with Gasteiger partial charge in [0, 0.05) is 5.69 Å². The van der Waals surface area contributed by atoms with Crippen LogP contribution in [-0.2, 0) is 6.42 Å². The number of nitrogens with zero attached hydrogens (tertiary/aromatic N) is 1. The van der Waals surface area contributed by atoms with E-state index in [1.165, 1.54) is 5.56 Å². The highest BCUT2D eigenvalue weighted by atomic mass is 16.2. The van der Waals surface area contributed by atoms with Crippen LogP contribution in [0.4, 0.5) is 11.4 Å². The molecule has 1 aliphatic heterocycles. The lowest BCUT2D eigenvalue weighted by Gasteiger charge is -2.18. The number of carbonyl (C=O) groups excluding carboxylic acids is 3. The third-order valence-electron chi connectivity index (χ3n) is 4.80. The summed E-state index contributed by atoms with van der Waals surface area (Å²) in [5, 5.41) is 2.84. The molecule has 1 N–H and O–H groups in total. The molecule has 28 heavy (non-hydrogen) atoms. The summed E-state index contributed by atoms with van der Waals surface area (Å²) >= 11 is 0. The molecule has 3 aromatic carbocycles. The van der Waals surface area contributed by atoms with Crippen LogP contribution in [0.15, 0.2) is 72.8 Å². The smallest absolute Gasteiger partial charge is 0.266 e. The minimum Gasteiger partial charge on any atom is -0.322 e. The second kappa shape index (κ2) is 7.12. The van der Waals surface area contributed by atoms with E-state index in [9.17, 15) is 14.4 Å². The maximum absolute atomic E-state index is 12.9. The zero-order valence-corrected chi connectivity index (χ0v) is 15.3. The third-order valence-corrected chi connectivity index (χ3v) is 4.80. The monoisotopic (exact) mass is 370 g/mol. The molecule has 0 radical (unpaired) electrons. The number of nitrogens with one attached hydrogen (secondary N) is 1. The number of anilines is 2. The van der Waals surface area contributed by atoms with Crippen molar-refractivity contribution in [3.05, 3.63) is 95.1 Å². The molecule has 4 rings (SSSR count). The quantitative estimate of drug-likeness (QED) is 0.696. The molecule has 0 aromatic heterocycles. The Bertz CT molecular complexity index is 1050. The van der Waals surface area contributed by atoms with Gasteiger partial charge in [-0.25, -0.2) is 4.90 Å². The summed E-state index contributed by atoms with van der Waals surface area (Å²) in [6.45, 7) is 2.06. The molecule has 1 aliphatic rings. The van der Waals surface area contributed by atoms with E-state index >= 15 is 0 Å². The minimum absolute atomic E-state index is 0.261. The molecule has 0 spiro atoms. The molecule has 0 fully saturated rings. The lowest BCUT2D eigenvalue weighted by atomic mass is 10.1. The van der Waals surface area contributed by atoms with Crippen molar-refractivity contribution in [2.75, 3.05) is 10.2 Å². The van der Waals surface area contributed by atoms with E-state index in [0.717, 1.165) is 11.3 Å². The Labute approximate surface area is 162 Å². The fraction of sp³-hybridized carbons (Fsp3) is 0.0870. The number of aryl methyl sites for hydroxylation is 1. The van der Waals surface area contributed by atoms with E-state index in [4.69, 9.17) is 0 Å². The summed E-state index contributed by atoms with van der Waals surface area (Å²) in [4.78, 5) is 39.5. The Morgan fingerprint density at radius 2 is 1.39 bits per heavy atom. The van der Waals surface area contributed by atoms with Gasteiger partial charge in [-0.3, -0.25) is 14.4 Å². The van der Waals surface area contributed by atoms with Crippen LogP contribution in [0.25, 0.3) is 0 Å². The third kappa shape index (κ3) is 2.97. The SMILES string of the molecule is CCc1ccc(NC(=O)c2ccccc2N2C(=O)c3ccccc3C2=O)cc1. The number of hydrogen-bond donors (Lipinski definition) is 1. The highest BCUT2D eigenvalue weighted by Gasteiger charge is 2.37. The van der Waals surface area contributed by atoms with Crippen LogP contribution in [0.5, 0.6) is 0 Å². The molecule has 5 nitrogen and oxygen atoms in total. The molecule has 0 saturated carbocycles. The number of hydrogen-bond acceptors (Lipinski definition) is 3. The second-order valence-electron chi connectivity index (χ2n) is 6.51. The summed E-state index contributed by atoms with van der Waals surface area (Å²) in [5.41, 5.74) is 3.05. The lowest BCUT2D eigenvalue weighted by Crippen LogP contribution is -2.31. The Balaban J connectivity index is 1.67. The van der Waals surface area contributed by atoms with Crippen LogP contribution in [0.2, 0.25) is 0 Å². The van der Waals surface area contributed by atoms with Gasteiger partial charge in [-0.1, -0.05) is 43.3 Å². The summed E-state index contributed by atoms with van der Waals surface area (Å²) in [7, 11) is 0. The second-order valence-corrected chi connectivity index (χ2v) is 6.51. The summed E-state index contributed by atoms with van der Waals surface area (Å²) in [5.74, 6) is -1.22. The molecule has 0 saturated heterocycles. The molecular weight excluding hydrogens is 352 g/mol. The fourth-order valence-electron chi connectivity index (χ4n) is 3.29. The van der Waals surface area contributed by atoms with Gasteiger partial charge < -0.3 is 5.32 Å². The van der Waals surface area contributed by atoms with E-state index < -0.39 is 11.8 Å². The van der Waals surface area contributed by atoms with Crippen LogP contribution >= 0.6 is 0 Å². The molecule has 0 unspecified atom stereocenters. The van der Waals surface area contributed by atoms with Crippen LogP contribution in [0.1, 0.15) is 43.6 Å². The van der Waals surface area contributed by atoms with E-state index in [1.807, 2.05) is 24.3 Å². The molecular formula is C23H18N2O3. The maximum atomic E-state index is 12.9. The molecule has 5 heteroatoms. The van der Waals surface area contributed by atoms with Crippen molar-refractivity contribution in [1.82, 2.24) is 0 Å². The van der Waals surface area contributed by atoms with Gasteiger partial charge in [-0.15, -0.1) is 0 Å². The molecule has 0 atom stereocenters. The summed E-state index contributed by atoms with van der Waals surface area (Å²) < 4.78 is 0. The zero-order valence-electron chi connectivity index (χ0n) is 15.3. The number of rotatable bonds is 4. The molecule has 0 bridgehead atoms. The van der Waals surface area contributed by atoms with E-state index in [2.05, 4.69) is 12.2 Å². The molecule has 0 aliphatic carbocycles. The first kappa shape index (κ1) is 17.7. The van der Waals surface area contributed by atoms with Crippen molar-refractivity contribution in [1.29, 1.82) is 0 Å². The van der Waals surface area contributed by atoms with Crippen LogP contribution in [-0.4, -0.2) is 17.7 Å². The van der Waals surface area contributed by atoms with Crippen LogP contribution in [0, 0.1) is 0 Å². The number of para-hydroxylation sites is 1. The van der Waals surface area contributed by atoms with Gasteiger partial charge in [0.25, 0.3) is 17.7 Å². The fourth-order valence-corrected chi connectivity index (χ4v) is 3.29. The first-order valence-electron chi connectivity index (χ1n) is 9.07. The van der Waals surface area contributed by atoms with E-state index in [1.54, 1.807) is 48.5 Å². The largest absolute Gasteiger partial charge is 0.322 e. The predicted octanol–water partition coefficient (Wildman–Crippen LogP) is 4.30. The highest BCUT2D eigenvalue weighted by Crippen LogP contribution is 2.31. The minimum atomic E-state index is -0.423. The van der Waals surface area contributed by atoms with Gasteiger partial charge >= 0.3 is 0 Å². The molecule has 1 heterocycles. The molecule has 3 aromatic rings. The summed E-state index contributed by atoms with van der Waals surface area (Å²) in [6.07, 6.45) is 0.913. The van der Waals surface area contributed by atoms with E-state index in [-0.39, 0.29) is 17.2 Å². The Morgan fingerprint density at radius 3 is 2.00 bits per heavy atom. The van der Waals surface area contributed by atoms with Crippen molar-refractivity contribution in [2.24, 2.45) is 0 Å². The number of benzene rings is 3. The van der Waals surface area contributed by atoms with Crippen molar-refractivity contribution in [3.8, 4) is 0 Å². The average molecular weight is 370 g/mol. The molecule has 3 amide bonds. The van der Waals surface area contributed by atoms with Gasteiger partial charge in [0.1, 0.15) is 0 Å². The van der Waals surface area contributed by atoms with Gasteiger partial charge in [-0.2, -0.15) is 0 Å². The van der Waals surface area contributed by atoms with Crippen LogP contribution in [0.3, 0.4) is 0 Å². The standard InChI is InChI=1S/C23H18N2O3/c1-2-15-11-13-16(14-12-15)24-21(26)19-9-5-6-10-20(19)25-22(27)17-7-3-4-8-18(17)23(25)28/h3-14H,2H2,1H3,(H,24,26). The Morgan fingerprint density at radius 1 is 0.821 bits per heavy atom. The number of fused-ring (bicyclic) bond motifs is 1. The van der Waals surface area contributed by atoms with Gasteiger partial charge in [-0.05, 0) is 48.4 Å². The molecule has 138 valence electrons. The average Bonchev–Trinajstić information content (AvgIpc) is 2.99. The van der Waals surface area contributed by atoms with Crippen molar-refractivity contribution < 1.29 is 14.4 Å². The topological polar surface area (TPSA) is 66.5 Å². The van der Waals surface area contributed by atoms with E-state index in [0.29, 0.717) is 16.8 Å². The summed E-state index contributed by atoms with van der Waals surface area (Å²) in [6, 6.07) is 20.9. The number of imide groups is 1. The zero-order chi connectivity index (χ0) is 19.7. The Kier molecular flexibility index (Phi) is 4.49.